The highest BCUT2D eigenvalue weighted by atomic mass is 16.7. The fraction of sp³-hybridized carbons (Fsp3) is 0.810. The van der Waals surface area contributed by atoms with Crippen LogP contribution in [0.1, 0.15) is 40.5 Å². The first kappa shape index (κ1) is 29.7. The summed E-state index contributed by atoms with van der Waals surface area (Å²) in [6.45, 7) is 4.61. The van der Waals surface area contributed by atoms with Gasteiger partial charge in [-0.25, -0.2) is 0 Å². The van der Waals surface area contributed by atoms with Crippen LogP contribution in [0.3, 0.4) is 0 Å². The van der Waals surface area contributed by atoms with Gasteiger partial charge in [0.25, 0.3) is 0 Å². The third kappa shape index (κ3) is 9.50. The van der Waals surface area contributed by atoms with E-state index in [1.54, 1.807) is 4.90 Å². The highest BCUT2D eigenvalue weighted by molar-refractivity contribution is 5.68. The van der Waals surface area contributed by atoms with E-state index in [9.17, 15) is 34.5 Å². The van der Waals surface area contributed by atoms with Crippen molar-refractivity contribution in [2.24, 2.45) is 0 Å². The Morgan fingerprint density at radius 3 is 1.82 bits per heavy atom. The van der Waals surface area contributed by atoms with Gasteiger partial charge in [-0.1, -0.05) is 0 Å². The summed E-state index contributed by atoms with van der Waals surface area (Å²) in [6.07, 6.45) is -5.53. The van der Waals surface area contributed by atoms with Crippen LogP contribution in [-0.4, -0.2) is 114 Å². The van der Waals surface area contributed by atoms with E-state index in [0.717, 1.165) is 27.7 Å². The molecule has 1 saturated heterocycles. The fourth-order valence-corrected chi connectivity index (χ4v) is 3.73. The average Bonchev–Trinajstić information content (AvgIpc) is 2.71. The van der Waals surface area contributed by atoms with Gasteiger partial charge >= 0.3 is 23.9 Å². The molecule has 0 saturated carbocycles. The number of aliphatic hydroxyl groups excluding tert-OH is 2. The first-order valence-electron chi connectivity index (χ1n) is 10.9. The number of ether oxygens (including phenoxy) is 5. The molecular weight excluding hydrogens is 458 g/mol. The van der Waals surface area contributed by atoms with Crippen molar-refractivity contribution in [1.82, 2.24) is 4.90 Å². The van der Waals surface area contributed by atoms with Crippen molar-refractivity contribution in [2.45, 2.75) is 70.7 Å². The molecule has 1 aliphatic heterocycles. The Labute approximate surface area is 197 Å². The van der Waals surface area contributed by atoms with E-state index in [1.165, 1.54) is 0 Å². The van der Waals surface area contributed by atoms with Crippen molar-refractivity contribution in [2.75, 3.05) is 39.5 Å². The van der Waals surface area contributed by atoms with Gasteiger partial charge in [0.15, 0.2) is 18.3 Å². The van der Waals surface area contributed by atoms with E-state index >= 15 is 0 Å². The minimum atomic E-state index is -2.21. The molecule has 1 rings (SSSR count). The molecule has 1 aliphatic rings. The van der Waals surface area contributed by atoms with Gasteiger partial charge in [0.2, 0.25) is 5.79 Å². The van der Waals surface area contributed by atoms with E-state index < -0.39 is 60.7 Å². The molecule has 3 N–H and O–H groups in total. The molecule has 0 aromatic carbocycles. The van der Waals surface area contributed by atoms with Gasteiger partial charge in [-0.05, 0) is 13.0 Å². The van der Waals surface area contributed by atoms with Gasteiger partial charge in [-0.15, -0.1) is 0 Å². The number of aliphatic hydroxyl groups is 3. The lowest BCUT2D eigenvalue weighted by molar-refractivity contribution is -0.354. The predicted octanol–water partition coefficient (Wildman–Crippen LogP) is -1.50. The third-order valence-electron chi connectivity index (χ3n) is 4.98. The Morgan fingerprint density at radius 1 is 0.824 bits per heavy atom. The van der Waals surface area contributed by atoms with Crippen LogP contribution in [0.4, 0.5) is 0 Å². The quantitative estimate of drug-likeness (QED) is 0.199. The first-order chi connectivity index (χ1) is 15.9. The van der Waals surface area contributed by atoms with Crippen molar-refractivity contribution < 1.29 is 58.2 Å². The molecule has 0 unspecified atom stereocenters. The SMILES string of the molecule is CC(=O)OC[C@H]1O[C@](O)(CCCN(CCO)CCO)[C@H](OC(C)=O)[C@@H](OC(C)=O)[C@@H]1OC(C)=O. The largest absolute Gasteiger partial charge is 0.463 e. The second-order valence-electron chi connectivity index (χ2n) is 7.87. The maximum Gasteiger partial charge on any atom is 0.303 e. The minimum absolute atomic E-state index is 0.139. The highest BCUT2D eigenvalue weighted by Gasteiger charge is 2.59. The molecule has 0 spiro atoms. The molecular formula is C21H35NO12. The van der Waals surface area contributed by atoms with Crippen LogP contribution < -0.4 is 0 Å². The molecule has 0 aromatic heterocycles. The predicted molar refractivity (Wildman–Crippen MR) is 113 cm³/mol. The molecule has 0 amide bonds. The van der Waals surface area contributed by atoms with E-state index in [0.29, 0.717) is 6.54 Å². The lowest BCUT2D eigenvalue weighted by Crippen LogP contribution is -2.68. The van der Waals surface area contributed by atoms with Gasteiger partial charge in [0.05, 0.1) is 13.2 Å². The van der Waals surface area contributed by atoms with Crippen molar-refractivity contribution in [3.63, 3.8) is 0 Å². The van der Waals surface area contributed by atoms with Crippen LogP contribution in [0.15, 0.2) is 0 Å². The smallest absolute Gasteiger partial charge is 0.303 e. The van der Waals surface area contributed by atoms with Gasteiger partial charge in [-0.2, -0.15) is 0 Å². The van der Waals surface area contributed by atoms with Crippen LogP contribution in [-0.2, 0) is 42.9 Å². The Bertz CT molecular complexity index is 695. The third-order valence-corrected chi connectivity index (χ3v) is 4.98. The summed E-state index contributed by atoms with van der Waals surface area (Å²) in [4.78, 5) is 48.5. The Balaban J connectivity index is 3.29. The summed E-state index contributed by atoms with van der Waals surface area (Å²) in [5.41, 5.74) is 0. The number of esters is 4. The number of rotatable bonds is 13. The van der Waals surface area contributed by atoms with E-state index in [4.69, 9.17) is 23.7 Å². The average molecular weight is 494 g/mol. The lowest BCUT2D eigenvalue weighted by atomic mass is 9.89. The standard InChI is InChI=1S/C21H35NO12/c1-13(25)30-12-17-18(31-14(2)26)19(32-15(3)27)20(33-16(4)28)21(29,34-17)6-5-7-22(8-10-23)9-11-24/h17-20,23-24,29H,5-12H2,1-4H3/t17-,18-,19+,20-,21-/m1/s1. The van der Waals surface area contributed by atoms with Crippen LogP contribution in [0.25, 0.3) is 0 Å². The van der Waals surface area contributed by atoms with Crippen LogP contribution in [0, 0.1) is 0 Å². The fourth-order valence-electron chi connectivity index (χ4n) is 3.73. The highest BCUT2D eigenvalue weighted by Crippen LogP contribution is 2.37. The lowest BCUT2D eigenvalue weighted by Gasteiger charge is -2.48. The summed E-state index contributed by atoms with van der Waals surface area (Å²) in [6, 6.07) is 0. The van der Waals surface area contributed by atoms with Gasteiger partial charge in [0.1, 0.15) is 12.7 Å². The normalized spacial score (nSPS) is 26.6. The molecule has 196 valence electrons. The molecule has 5 atom stereocenters. The number of carbonyl (C=O) groups is 4. The minimum Gasteiger partial charge on any atom is -0.463 e. The molecule has 1 heterocycles. The first-order valence-corrected chi connectivity index (χ1v) is 10.9. The Kier molecular flexibility index (Phi) is 12.4. The number of hydrogen-bond acceptors (Lipinski definition) is 13. The Morgan fingerprint density at radius 2 is 1.35 bits per heavy atom. The van der Waals surface area contributed by atoms with E-state index in [2.05, 4.69) is 0 Å². The summed E-state index contributed by atoms with van der Waals surface area (Å²) in [7, 11) is 0. The summed E-state index contributed by atoms with van der Waals surface area (Å²) >= 11 is 0. The molecule has 0 bridgehead atoms. The number of hydrogen-bond donors (Lipinski definition) is 3. The van der Waals surface area contributed by atoms with Gasteiger partial charge in [-0.3, -0.25) is 24.1 Å². The van der Waals surface area contributed by atoms with Crippen LogP contribution >= 0.6 is 0 Å². The van der Waals surface area contributed by atoms with Crippen LogP contribution in [0.2, 0.25) is 0 Å². The second-order valence-corrected chi connectivity index (χ2v) is 7.87. The van der Waals surface area contributed by atoms with Crippen molar-refractivity contribution in [3.8, 4) is 0 Å². The monoisotopic (exact) mass is 493 g/mol. The second kappa shape index (κ2) is 14.2. The molecule has 0 radical (unpaired) electrons. The van der Waals surface area contributed by atoms with Crippen molar-refractivity contribution >= 4 is 23.9 Å². The maximum absolute atomic E-state index is 11.8. The zero-order chi connectivity index (χ0) is 25.9. The maximum atomic E-state index is 11.8. The van der Waals surface area contributed by atoms with E-state index in [-0.39, 0.29) is 39.1 Å². The molecule has 0 aromatic rings. The molecule has 13 nitrogen and oxygen atoms in total. The molecule has 13 heteroatoms. The van der Waals surface area contributed by atoms with Crippen LogP contribution in [0.5, 0.6) is 0 Å². The number of nitrogens with zero attached hydrogens (tertiary/aromatic N) is 1. The molecule has 34 heavy (non-hydrogen) atoms. The van der Waals surface area contributed by atoms with Gasteiger partial charge in [0, 0.05) is 47.2 Å². The zero-order valence-corrected chi connectivity index (χ0v) is 19.9. The summed E-state index contributed by atoms with van der Waals surface area (Å²) in [5.74, 6) is -5.26. The molecule has 0 aliphatic carbocycles. The topological polar surface area (TPSA) is 178 Å². The molecule has 1 fully saturated rings. The van der Waals surface area contributed by atoms with Crippen molar-refractivity contribution in [1.29, 1.82) is 0 Å². The number of carbonyl (C=O) groups excluding carboxylic acids is 4. The zero-order valence-electron chi connectivity index (χ0n) is 19.9. The van der Waals surface area contributed by atoms with E-state index in [1.807, 2.05) is 0 Å². The summed E-state index contributed by atoms with van der Waals surface area (Å²) in [5, 5.41) is 29.8. The summed E-state index contributed by atoms with van der Waals surface area (Å²) < 4.78 is 26.6. The Hall–Kier alpha value is -2.32. The van der Waals surface area contributed by atoms with Gasteiger partial charge < -0.3 is 39.0 Å². The van der Waals surface area contributed by atoms with Crippen molar-refractivity contribution in [3.05, 3.63) is 0 Å².